The molecule has 0 saturated carbocycles. The predicted octanol–water partition coefficient (Wildman–Crippen LogP) is 2.05. The third-order valence-electron chi connectivity index (χ3n) is 3.27. The molecule has 0 radical (unpaired) electrons. The molecule has 0 unspecified atom stereocenters. The third kappa shape index (κ3) is 3.13. The average molecular weight is 233 g/mol. The van der Waals surface area contributed by atoms with Crippen molar-refractivity contribution in [1.29, 1.82) is 0 Å². The second-order valence-corrected chi connectivity index (χ2v) is 5.24. The van der Waals surface area contributed by atoms with Crippen molar-refractivity contribution in [3.8, 4) is 0 Å². The fourth-order valence-corrected chi connectivity index (χ4v) is 2.46. The molecule has 2 N–H and O–H groups in total. The molecule has 1 aliphatic rings. The first kappa shape index (κ1) is 12.2. The lowest BCUT2D eigenvalue weighted by atomic mass is 10.1. The summed E-state index contributed by atoms with van der Waals surface area (Å²) in [7, 11) is 0. The van der Waals surface area contributed by atoms with Crippen LogP contribution in [0.25, 0.3) is 0 Å². The van der Waals surface area contributed by atoms with Crippen molar-refractivity contribution < 1.29 is 0 Å². The summed E-state index contributed by atoms with van der Waals surface area (Å²) < 4.78 is 0. The molecule has 3 heteroatoms. The molecular weight excluding hydrogens is 210 g/mol. The maximum absolute atomic E-state index is 6.01. The number of rotatable bonds is 3. The lowest BCUT2D eigenvalue weighted by Crippen LogP contribution is -2.47. The van der Waals surface area contributed by atoms with Gasteiger partial charge in [-0.2, -0.15) is 0 Å². The van der Waals surface area contributed by atoms with E-state index in [2.05, 4.69) is 35.8 Å². The molecule has 17 heavy (non-hydrogen) atoms. The molecular formula is C14H23N3. The van der Waals surface area contributed by atoms with Crippen molar-refractivity contribution in [2.45, 2.75) is 13.8 Å². The van der Waals surface area contributed by atoms with E-state index < -0.39 is 0 Å². The van der Waals surface area contributed by atoms with Gasteiger partial charge in [0.05, 0.1) is 11.4 Å². The minimum absolute atomic E-state index is 0.753. The van der Waals surface area contributed by atoms with Crippen LogP contribution in [-0.2, 0) is 0 Å². The summed E-state index contributed by atoms with van der Waals surface area (Å²) in [5.41, 5.74) is 8.10. The third-order valence-corrected chi connectivity index (χ3v) is 3.27. The van der Waals surface area contributed by atoms with Gasteiger partial charge in [0, 0.05) is 32.7 Å². The van der Waals surface area contributed by atoms with Gasteiger partial charge in [-0.05, 0) is 18.1 Å². The SMILES string of the molecule is CC(C)CN1CCN(c2ccccc2N)CC1. The summed E-state index contributed by atoms with van der Waals surface area (Å²) >= 11 is 0. The van der Waals surface area contributed by atoms with Gasteiger partial charge in [-0.1, -0.05) is 26.0 Å². The van der Waals surface area contributed by atoms with Crippen molar-refractivity contribution in [2.75, 3.05) is 43.4 Å². The maximum atomic E-state index is 6.01. The van der Waals surface area contributed by atoms with Gasteiger partial charge in [0.1, 0.15) is 0 Å². The Morgan fingerprint density at radius 3 is 2.35 bits per heavy atom. The Kier molecular flexibility index (Phi) is 3.89. The zero-order valence-electron chi connectivity index (χ0n) is 10.9. The molecule has 3 nitrogen and oxygen atoms in total. The average Bonchev–Trinajstić information content (AvgIpc) is 2.30. The Morgan fingerprint density at radius 2 is 1.76 bits per heavy atom. The Hall–Kier alpha value is -1.22. The van der Waals surface area contributed by atoms with Crippen LogP contribution in [0, 0.1) is 5.92 Å². The monoisotopic (exact) mass is 233 g/mol. The van der Waals surface area contributed by atoms with E-state index in [0.29, 0.717) is 0 Å². The summed E-state index contributed by atoms with van der Waals surface area (Å²) in [6.45, 7) is 10.2. The molecule has 0 aromatic heterocycles. The highest BCUT2D eigenvalue weighted by Gasteiger charge is 2.18. The minimum Gasteiger partial charge on any atom is -0.397 e. The lowest BCUT2D eigenvalue weighted by Gasteiger charge is -2.37. The molecule has 0 bridgehead atoms. The van der Waals surface area contributed by atoms with E-state index >= 15 is 0 Å². The van der Waals surface area contributed by atoms with E-state index in [1.54, 1.807) is 0 Å². The molecule has 0 spiro atoms. The molecule has 1 aliphatic heterocycles. The van der Waals surface area contributed by atoms with Crippen LogP contribution < -0.4 is 10.6 Å². The van der Waals surface area contributed by atoms with E-state index in [1.165, 1.54) is 12.2 Å². The van der Waals surface area contributed by atoms with Gasteiger partial charge in [-0.3, -0.25) is 4.90 Å². The molecule has 0 atom stereocenters. The number of para-hydroxylation sites is 2. The van der Waals surface area contributed by atoms with Crippen LogP contribution in [0.4, 0.5) is 11.4 Å². The normalized spacial score (nSPS) is 17.7. The molecule has 1 saturated heterocycles. The molecule has 1 fully saturated rings. The van der Waals surface area contributed by atoms with Crippen LogP contribution in [0.15, 0.2) is 24.3 Å². The summed E-state index contributed by atoms with van der Waals surface area (Å²) in [6.07, 6.45) is 0. The van der Waals surface area contributed by atoms with Gasteiger partial charge in [-0.25, -0.2) is 0 Å². The molecule has 2 rings (SSSR count). The Bertz CT molecular complexity index is 354. The second-order valence-electron chi connectivity index (χ2n) is 5.24. The quantitative estimate of drug-likeness (QED) is 0.811. The highest BCUT2D eigenvalue weighted by Crippen LogP contribution is 2.23. The van der Waals surface area contributed by atoms with E-state index in [-0.39, 0.29) is 0 Å². The molecule has 0 amide bonds. The van der Waals surface area contributed by atoms with Crippen molar-refractivity contribution >= 4 is 11.4 Å². The largest absolute Gasteiger partial charge is 0.397 e. The molecule has 1 aromatic rings. The number of piperazine rings is 1. The van der Waals surface area contributed by atoms with E-state index in [9.17, 15) is 0 Å². The van der Waals surface area contributed by atoms with E-state index in [4.69, 9.17) is 5.73 Å². The first-order valence-corrected chi connectivity index (χ1v) is 6.48. The van der Waals surface area contributed by atoms with Gasteiger partial charge in [0.25, 0.3) is 0 Å². The van der Waals surface area contributed by atoms with Crippen LogP contribution >= 0.6 is 0 Å². The number of nitrogens with zero attached hydrogens (tertiary/aromatic N) is 2. The fourth-order valence-electron chi connectivity index (χ4n) is 2.46. The van der Waals surface area contributed by atoms with Crippen molar-refractivity contribution in [3.05, 3.63) is 24.3 Å². The number of benzene rings is 1. The Morgan fingerprint density at radius 1 is 1.12 bits per heavy atom. The molecule has 1 heterocycles. The van der Waals surface area contributed by atoms with Gasteiger partial charge >= 0.3 is 0 Å². The van der Waals surface area contributed by atoms with E-state index in [1.807, 2.05) is 12.1 Å². The summed E-state index contributed by atoms with van der Waals surface area (Å²) in [6, 6.07) is 8.16. The van der Waals surface area contributed by atoms with Gasteiger partial charge in [0.15, 0.2) is 0 Å². The number of hydrogen-bond donors (Lipinski definition) is 1. The maximum Gasteiger partial charge on any atom is 0.0600 e. The molecule has 0 aliphatic carbocycles. The standard InChI is InChI=1S/C14H23N3/c1-12(2)11-16-7-9-17(10-8-16)14-6-4-3-5-13(14)15/h3-6,12H,7-11,15H2,1-2H3. The summed E-state index contributed by atoms with van der Waals surface area (Å²) in [5, 5.41) is 0. The number of hydrogen-bond acceptors (Lipinski definition) is 3. The number of nitrogens with two attached hydrogens (primary N) is 1. The molecule has 94 valence electrons. The summed E-state index contributed by atoms with van der Waals surface area (Å²) in [5.74, 6) is 0.753. The van der Waals surface area contributed by atoms with Gasteiger partial charge in [0.2, 0.25) is 0 Å². The summed E-state index contributed by atoms with van der Waals surface area (Å²) in [4.78, 5) is 4.94. The van der Waals surface area contributed by atoms with Crippen LogP contribution in [0.1, 0.15) is 13.8 Å². The predicted molar refractivity (Wildman–Crippen MR) is 74.3 cm³/mol. The smallest absolute Gasteiger partial charge is 0.0600 e. The van der Waals surface area contributed by atoms with Gasteiger partial charge < -0.3 is 10.6 Å². The van der Waals surface area contributed by atoms with E-state index in [0.717, 1.165) is 37.8 Å². The first-order valence-electron chi connectivity index (χ1n) is 6.48. The van der Waals surface area contributed by atoms with Crippen LogP contribution in [0.3, 0.4) is 0 Å². The number of nitrogen functional groups attached to an aromatic ring is 1. The second kappa shape index (κ2) is 5.41. The van der Waals surface area contributed by atoms with Crippen molar-refractivity contribution in [2.24, 2.45) is 5.92 Å². The zero-order chi connectivity index (χ0) is 12.3. The first-order chi connectivity index (χ1) is 8.16. The van der Waals surface area contributed by atoms with Gasteiger partial charge in [-0.15, -0.1) is 0 Å². The highest BCUT2D eigenvalue weighted by atomic mass is 15.3. The zero-order valence-corrected chi connectivity index (χ0v) is 10.9. The van der Waals surface area contributed by atoms with Crippen molar-refractivity contribution in [3.63, 3.8) is 0 Å². The topological polar surface area (TPSA) is 32.5 Å². The number of anilines is 2. The van der Waals surface area contributed by atoms with Crippen molar-refractivity contribution in [1.82, 2.24) is 4.90 Å². The minimum atomic E-state index is 0.753. The van der Waals surface area contributed by atoms with Crippen LogP contribution in [0.2, 0.25) is 0 Å². The Labute approximate surface area is 104 Å². The van der Waals surface area contributed by atoms with Crippen LogP contribution in [0.5, 0.6) is 0 Å². The Balaban J connectivity index is 1.93. The molecule has 1 aromatic carbocycles. The fraction of sp³-hybridized carbons (Fsp3) is 0.571. The lowest BCUT2D eigenvalue weighted by molar-refractivity contribution is 0.231. The highest BCUT2D eigenvalue weighted by molar-refractivity contribution is 5.67. The van der Waals surface area contributed by atoms with Crippen LogP contribution in [-0.4, -0.2) is 37.6 Å².